The van der Waals surface area contributed by atoms with Crippen LogP contribution in [0.2, 0.25) is 0 Å². The van der Waals surface area contributed by atoms with Gasteiger partial charge in [0, 0.05) is 13.1 Å². The van der Waals surface area contributed by atoms with E-state index in [0.29, 0.717) is 25.4 Å². The van der Waals surface area contributed by atoms with E-state index in [1.807, 2.05) is 6.92 Å². The van der Waals surface area contributed by atoms with E-state index in [-0.39, 0.29) is 11.9 Å². The largest absolute Gasteiger partial charge is 0.480 e. The van der Waals surface area contributed by atoms with E-state index in [0.717, 1.165) is 6.42 Å². The van der Waals surface area contributed by atoms with E-state index >= 15 is 0 Å². The molecule has 5 nitrogen and oxygen atoms in total. The van der Waals surface area contributed by atoms with Crippen LogP contribution in [-0.4, -0.2) is 47.1 Å². The maximum absolute atomic E-state index is 11.7. The van der Waals surface area contributed by atoms with E-state index in [9.17, 15) is 14.7 Å². The quantitative estimate of drug-likeness (QED) is 0.761. The highest BCUT2D eigenvalue weighted by atomic mass is 16.4. The summed E-state index contributed by atoms with van der Waals surface area (Å²) in [4.78, 5) is 24.8. The van der Waals surface area contributed by atoms with Crippen LogP contribution in [0.3, 0.4) is 0 Å². The highest BCUT2D eigenvalue weighted by Crippen LogP contribution is 2.24. The Kier molecular flexibility index (Phi) is 4.93. The summed E-state index contributed by atoms with van der Waals surface area (Å²) >= 11 is 0. The van der Waals surface area contributed by atoms with Gasteiger partial charge in [-0.05, 0) is 32.6 Å². The van der Waals surface area contributed by atoms with Crippen molar-refractivity contribution in [2.24, 2.45) is 5.92 Å². The number of hydrogen-bond donors (Lipinski definition) is 2. The third kappa shape index (κ3) is 3.43. The summed E-state index contributed by atoms with van der Waals surface area (Å²) < 4.78 is 0. The second-order valence-corrected chi connectivity index (χ2v) is 4.79. The summed E-state index contributed by atoms with van der Waals surface area (Å²) in [5.74, 6) is -0.505. The van der Waals surface area contributed by atoms with Crippen LogP contribution >= 0.6 is 0 Å². The minimum Gasteiger partial charge on any atom is -0.480 e. The molecule has 1 fully saturated rings. The summed E-state index contributed by atoms with van der Waals surface area (Å²) in [6.45, 7) is 6.94. The normalized spacial score (nSPS) is 27.5. The molecule has 0 aliphatic carbocycles. The number of rotatable bonds is 4. The number of likely N-dealkylation sites (tertiary alicyclic amines) is 1. The standard InChI is InChI=1S/C12H22N2O3/c1-4-13-11(15)9(3)14-6-5-8(2)7-10(14)12(16)17/h8-10H,4-7H2,1-3H3,(H,13,15)(H,16,17). The predicted molar refractivity (Wildman–Crippen MR) is 64.7 cm³/mol. The molecule has 3 unspecified atom stereocenters. The fourth-order valence-corrected chi connectivity index (χ4v) is 2.34. The van der Waals surface area contributed by atoms with Gasteiger partial charge in [0.25, 0.3) is 0 Å². The molecule has 1 heterocycles. The lowest BCUT2D eigenvalue weighted by molar-refractivity contribution is -0.148. The number of aliphatic carboxylic acids is 1. The van der Waals surface area contributed by atoms with Crippen molar-refractivity contribution in [1.29, 1.82) is 0 Å². The van der Waals surface area contributed by atoms with Crippen molar-refractivity contribution in [1.82, 2.24) is 10.2 Å². The molecule has 0 spiro atoms. The molecule has 1 aliphatic rings. The van der Waals surface area contributed by atoms with Crippen LogP contribution in [0.1, 0.15) is 33.6 Å². The van der Waals surface area contributed by atoms with Crippen LogP contribution in [0.4, 0.5) is 0 Å². The molecule has 0 radical (unpaired) electrons. The van der Waals surface area contributed by atoms with Gasteiger partial charge in [-0.1, -0.05) is 6.92 Å². The van der Waals surface area contributed by atoms with Gasteiger partial charge in [0.2, 0.25) is 5.91 Å². The van der Waals surface area contributed by atoms with Gasteiger partial charge in [0.1, 0.15) is 6.04 Å². The highest BCUT2D eigenvalue weighted by molar-refractivity contribution is 5.82. The molecule has 0 aromatic heterocycles. The molecular formula is C12H22N2O3. The number of carboxylic acid groups (broad SMARTS) is 1. The number of carbonyl (C=O) groups excluding carboxylic acids is 1. The number of hydrogen-bond acceptors (Lipinski definition) is 3. The zero-order chi connectivity index (χ0) is 13.0. The van der Waals surface area contributed by atoms with Gasteiger partial charge in [0.15, 0.2) is 0 Å². The Labute approximate surface area is 102 Å². The first kappa shape index (κ1) is 14.0. The molecule has 17 heavy (non-hydrogen) atoms. The summed E-state index contributed by atoms with van der Waals surface area (Å²) in [6.07, 6.45) is 1.58. The van der Waals surface area contributed by atoms with E-state index < -0.39 is 12.0 Å². The van der Waals surface area contributed by atoms with Gasteiger partial charge in [-0.15, -0.1) is 0 Å². The molecule has 1 rings (SSSR count). The van der Waals surface area contributed by atoms with Crippen molar-refractivity contribution in [3.8, 4) is 0 Å². The average Bonchev–Trinajstić information content (AvgIpc) is 2.28. The zero-order valence-corrected chi connectivity index (χ0v) is 10.8. The van der Waals surface area contributed by atoms with Crippen LogP contribution in [0.5, 0.6) is 0 Å². The summed E-state index contributed by atoms with van der Waals surface area (Å²) in [6, 6.07) is -0.903. The maximum atomic E-state index is 11.7. The van der Waals surface area contributed by atoms with Crippen molar-refractivity contribution in [3.05, 3.63) is 0 Å². The fourth-order valence-electron chi connectivity index (χ4n) is 2.34. The van der Waals surface area contributed by atoms with Gasteiger partial charge in [-0.25, -0.2) is 0 Å². The van der Waals surface area contributed by atoms with Gasteiger partial charge in [0.05, 0.1) is 6.04 Å². The molecule has 1 aliphatic heterocycles. The highest BCUT2D eigenvalue weighted by Gasteiger charge is 2.36. The number of likely N-dealkylation sites (N-methyl/N-ethyl adjacent to an activating group) is 1. The van der Waals surface area contributed by atoms with Crippen LogP contribution in [-0.2, 0) is 9.59 Å². The Bertz CT molecular complexity index is 293. The van der Waals surface area contributed by atoms with Gasteiger partial charge >= 0.3 is 5.97 Å². The topological polar surface area (TPSA) is 69.6 Å². The first-order chi connectivity index (χ1) is 7.97. The predicted octanol–water partition coefficient (Wildman–Crippen LogP) is 0.696. The molecule has 0 aromatic rings. The SMILES string of the molecule is CCNC(=O)C(C)N1CCC(C)CC1C(=O)O. The number of amides is 1. The van der Waals surface area contributed by atoms with E-state index in [2.05, 4.69) is 12.2 Å². The van der Waals surface area contributed by atoms with Crippen molar-refractivity contribution >= 4 is 11.9 Å². The van der Waals surface area contributed by atoms with Crippen molar-refractivity contribution in [2.45, 2.75) is 45.7 Å². The molecule has 0 aromatic carbocycles. The Balaban J connectivity index is 2.72. The number of carbonyl (C=O) groups is 2. The third-order valence-corrected chi connectivity index (χ3v) is 3.42. The zero-order valence-electron chi connectivity index (χ0n) is 10.8. The molecule has 5 heteroatoms. The Morgan fingerprint density at radius 1 is 1.53 bits per heavy atom. The first-order valence-corrected chi connectivity index (χ1v) is 6.23. The van der Waals surface area contributed by atoms with Crippen molar-refractivity contribution in [2.75, 3.05) is 13.1 Å². The smallest absolute Gasteiger partial charge is 0.320 e. The monoisotopic (exact) mass is 242 g/mol. The Morgan fingerprint density at radius 2 is 2.18 bits per heavy atom. The van der Waals surface area contributed by atoms with E-state index in [1.54, 1.807) is 11.8 Å². The van der Waals surface area contributed by atoms with Crippen LogP contribution in [0, 0.1) is 5.92 Å². The second-order valence-electron chi connectivity index (χ2n) is 4.79. The first-order valence-electron chi connectivity index (χ1n) is 6.23. The van der Waals surface area contributed by atoms with E-state index in [4.69, 9.17) is 0 Å². The fraction of sp³-hybridized carbons (Fsp3) is 0.833. The number of piperidine rings is 1. The summed E-state index contributed by atoms with van der Waals surface area (Å²) in [7, 11) is 0. The molecular weight excluding hydrogens is 220 g/mol. The lowest BCUT2D eigenvalue weighted by Crippen LogP contribution is -2.55. The second kappa shape index (κ2) is 6.00. The lowest BCUT2D eigenvalue weighted by atomic mass is 9.91. The van der Waals surface area contributed by atoms with Crippen LogP contribution in [0.15, 0.2) is 0 Å². The minimum absolute atomic E-state index is 0.0895. The molecule has 0 saturated carbocycles. The average molecular weight is 242 g/mol. The number of carboxylic acids is 1. The summed E-state index contributed by atoms with van der Waals surface area (Å²) in [5.41, 5.74) is 0. The Hall–Kier alpha value is -1.10. The molecule has 1 amide bonds. The van der Waals surface area contributed by atoms with E-state index in [1.165, 1.54) is 0 Å². The number of nitrogens with zero attached hydrogens (tertiary/aromatic N) is 1. The van der Waals surface area contributed by atoms with Crippen LogP contribution < -0.4 is 5.32 Å². The molecule has 1 saturated heterocycles. The lowest BCUT2D eigenvalue weighted by Gasteiger charge is -2.39. The molecule has 98 valence electrons. The van der Waals surface area contributed by atoms with Crippen molar-refractivity contribution in [3.63, 3.8) is 0 Å². The maximum Gasteiger partial charge on any atom is 0.320 e. The minimum atomic E-state index is -0.826. The van der Waals surface area contributed by atoms with Gasteiger partial charge in [-0.2, -0.15) is 0 Å². The molecule has 2 N–H and O–H groups in total. The molecule has 3 atom stereocenters. The van der Waals surface area contributed by atoms with Crippen molar-refractivity contribution < 1.29 is 14.7 Å². The molecule has 0 bridgehead atoms. The third-order valence-electron chi connectivity index (χ3n) is 3.42. The Morgan fingerprint density at radius 3 is 2.71 bits per heavy atom. The number of nitrogens with one attached hydrogen (secondary N) is 1. The summed E-state index contributed by atoms with van der Waals surface area (Å²) in [5, 5.41) is 12.0. The van der Waals surface area contributed by atoms with Crippen LogP contribution in [0.25, 0.3) is 0 Å². The van der Waals surface area contributed by atoms with Gasteiger partial charge < -0.3 is 10.4 Å². The van der Waals surface area contributed by atoms with Gasteiger partial charge in [-0.3, -0.25) is 14.5 Å².